The van der Waals surface area contributed by atoms with Gasteiger partial charge in [0.2, 0.25) is 5.91 Å². The Balaban J connectivity index is 0.00000312. The number of nitrogens with two attached hydrogens (primary N) is 1. The fourth-order valence-electron chi connectivity index (χ4n) is 2.27. The molecule has 0 saturated carbocycles. The molecular formula is C19H24Cl2N2O2. The van der Waals surface area contributed by atoms with E-state index >= 15 is 0 Å². The Bertz CT molecular complexity index is 665. The summed E-state index contributed by atoms with van der Waals surface area (Å²) in [5.41, 5.74) is 7.28. The largest absolute Gasteiger partial charge is 0.489 e. The summed E-state index contributed by atoms with van der Waals surface area (Å²) in [7, 11) is 0. The smallest absolute Gasteiger partial charge is 0.224 e. The number of hydrogen-bond acceptors (Lipinski definition) is 3. The van der Waals surface area contributed by atoms with E-state index in [1.807, 2.05) is 48.5 Å². The van der Waals surface area contributed by atoms with Crippen LogP contribution >= 0.6 is 24.0 Å². The van der Waals surface area contributed by atoms with Crippen molar-refractivity contribution < 1.29 is 9.53 Å². The van der Waals surface area contributed by atoms with Gasteiger partial charge in [0, 0.05) is 17.1 Å². The van der Waals surface area contributed by atoms with Gasteiger partial charge < -0.3 is 15.8 Å². The fraction of sp³-hybridized carbons (Fsp3) is 0.316. The first-order chi connectivity index (χ1) is 11.7. The van der Waals surface area contributed by atoms with E-state index in [0.717, 1.165) is 29.7 Å². The highest BCUT2D eigenvalue weighted by Gasteiger charge is 2.05. The minimum Gasteiger partial charge on any atom is -0.489 e. The zero-order valence-electron chi connectivity index (χ0n) is 14.0. The molecule has 0 saturated heterocycles. The minimum atomic E-state index is 0. The summed E-state index contributed by atoms with van der Waals surface area (Å²) in [5, 5.41) is 3.58. The van der Waals surface area contributed by atoms with E-state index in [2.05, 4.69) is 5.32 Å². The summed E-state index contributed by atoms with van der Waals surface area (Å²) in [6, 6.07) is 15.2. The monoisotopic (exact) mass is 382 g/mol. The number of benzene rings is 2. The third-order valence-electron chi connectivity index (χ3n) is 3.57. The predicted octanol–water partition coefficient (Wildman–Crippen LogP) is 3.74. The summed E-state index contributed by atoms with van der Waals surface area (Å²) < 4.78 is 5.78. The van der Waals surface area contributed by atoms with E-state index in [-0.39, 0.29) is 18.3 Å². The SMILES string of the molecule is Cl.NCCCCNC(=O)Cc1cccc(OCc2ccccc2Cl)c1. The molecule has 136 valence electrons. The molecule has 0 atom stereocenters. The van der Waals surface area contributed by atoms with Crippen molar-refractivity contribution in [2.45, 2.75) is 25.9 Å². The molecule has 0 spiro atoms. The van der Waals surface area contributed by atoms with E-state index in [1.165, 1.54) is 0 Å². The van der Waals surface area contributed by atoms with Gasteiger partial charge in [0.05, 0.1) is 6.42 Å². The molecule has 3 N–H and O–H groups in total. The van der Waals surface area contributed by atoms with Gasteiger partial charge in [-0.25, -0.2) is 0 Å². The molecule has 2 rings (SSSR count). The van der Waals surface area contributed by atoms with E-state index in [1.54, 1.807) is 0 Å². The lowest BCUT2D eigenvalue weighted by atomic mass is 10.1. The highest BCUT2D eigenvalue weighted by Crippen LogP contribution is 2.19. The molecule has 25 heavy (non-hydrogen) atoms. The van der Waals surface area contributed by atoms with Gasteiger partial charge in [0.1, 0.15) is 12.4 Å². The first kappa shape index (κ1) is 21.3. The lowest BCUT2D eigenvalue weighted by molar-refractivity contribution is -0.120. The van der Waals surface area contributed by atoms with Crippen LogP contribution in [-0.4, -0.2) is 19.0 Å². The van der Waals surface area contributed by atoms with Crippen LogP contribution in [0.15, 0.2) is 48.5 Å². The van der Waals surface area contributed by atoms with E-state index in [0.29, 0.717) is 31.1 Å². The van der Waals surface area contributed by atoms with Crippen LogP contribution in [0.4, 0.5) is 0 Å². The zero-order chi connectivity index (χ0) is 17.2. The lowest BCUT2D eigenvalue weighted by Crippen LogP contribution is -2.26. The third-order valence-corrected chi connectivity index (χ3v) is 3.94. The number of ether oxygens (including phenoxy) is 1. The van der Waals surface area contributed by atoms with Crippen molar-refractivity contribution >= 4 is 29.9 Å². The molecular weight excluding hydrogens is 359 g/mol. The van der Waals surface area contributed by atoms with Gasteiger partial charge in [0.25, 0.3) is 0 Å². The number of carbonyl (C=O) groups excluding carboxylic acids is 1. The van der Waals surface area contributed by atoms with Crippen LogP contribution in [0.2, 0.25) is 5.02 Å². The Morgan fingerprint density at radius 2 is 1.92 bits per heavy atom. The maximum Gasteiger partial charge on any atom is 0.224 e. The molecule has 0 aliphatic carbocycles. The number of carbonyl (C=O) groups is 1. The van der Waals surface area contributed by atoms with Crippen molar-refractivity contribution in [3.8, 4) is 5.75 Å². The van der Waals surface area contributed by atoms with Crippen molar-refractivity contribution in [2.24, 2.45) is 5.73 Å². The van der Waals surface area contributed by atoms with Gasteiger partial charge >= 0.3 is 0 Å². The molecule has 0 heterocycles. The van der Waals surface area contributed by atoms with Crippen LogP contribution in [0.3, 0.4) is 0 Å². The molecule has 0 aliphatic heterocycles. The summed E-state index contributed by atoms with van der Waals surface area (Å²) in [6.45, 7) is 1.72. The third kappa shape index (κ3) is 7.78. The number of amides is 1. The first-order valence-electron chi connectivity index (χ1n) is 8.11. The Kier molecular flexibility index (Phi) is 10.0. The number of hydrogen-bond donors (Lipinski definition) is 2. The summed E-state index contributed by atoms with van der Waals surface area (Å²) in [6.07, 6.45) is 2.17. The normalized spacial score (nSPS) is 10.0. The van der Waals surface area contributed by atoms with Crippen molar-refractivity contribution in [3.05, 3.63) is 64.7 Å². The lowest BCUT2D eigenvalue weighted by Gasteiger charge is -2.09. The van der Waals surface area contributed by atoms with Crippen molar-refractivity contribution in [2.75, 3.05) is 13.1 Å². The fourth-order valence-corrected chi connectivity index (χ4v) is 2.46. The predicted molar refractivity (Wildman–Crippen MR) is 104 cm³/mol. The van der Waals surface area contributed by atoms with Crippen LogP contribution in [0.5, 0.6) is 5.75 Å². The van der Waals surface area contributed by atoms with Crippen molar-refractivity contribution in [3.63, 3.8) is 0 Å². The number of unbranched alkanes of at least 4 members (excludes halogenated alkanes) is 1. The standard InChI is InChI=1S/C19H23ClN2O2.ClH/c20-18-9-2-1-7-16(18)14-24-17-8-5-6-15(12-17)13-19(23)22-11-4-3-10-21;/h1-2,5-9,12H,3-4,10-11,13-14,21H2,(H,22,23);1H. The second kappa shape index (κ2) is 11.7. The first-order valence-corrected chi connectivity index (χ1v) is 8.49. The Morgan fingerprint density at radius 3 is 2.68 bits per heavy atom. The molecule has 2 aromatic carbocycles. The van der Waals surface area contributed by atoms with Gasteiger partial charge in [-0.15, -0.1) is 12.4 Å². The van der Waals surface area contributed by atoms with Crippen LogP contribution in [-0.2, 0) is 17.8 Å². The zero-order valence-corrected chi connectivity index (χ0v) is 15.6. The number of halogens is 2. The van der Waals surface area contributed by atoms with Gasteiger partial charge in [-0.05, 0) is 43.1 Å². The van der Waals surface area contributed by atoms with Crippen LogP contribution in [0, 0.1) is 0 Å². The molecule has 0 fully saturated rings. The van der Waals surface area contributed by atoms with E-state index in [4.69, 9.17) is 22.1 Å². The average molecular weight is 383 g/mol. The quantitative estimate of drug-likeness (QED) is 0.649. The minimum absolute atomic E-state index is 0. The molecule has 0 bridgehead atoms. The molecule has 1 amide bonds. The molecule has 0 radical (unpaired) electrons. The van der Waals surface area contributed by atoms with Crippen molar-refractivity contribution in [1.82, 2.24) is 5.32 Å². The van der Waals surface area contributed by atoms with Crippen LogP contribution in [0.1, 0.15) is 24.0 Å². The van der Waals surface area contributed by atoms with Gasteiger partial charge in [-0.1, -0.05) is 41.9 Å². The maximum absolute atomic E-state index is 11.9. The number of rotatable bonds is 9. The molecule has 0 unspecified atom stereocenters. The second-order valence-corrected chi connectivity index (χ2v) is 5.96. The van der Waals surface area contributed by atoms with E-state index < -0.39 is 0 Å². The summed E-state index contributed by atoms with van der Waals surface area (Å²) >= 11 is 6.12. The van der Waals surface area contributed by atoms with Crippen LogP contribution < -0.4 is 15.8 Å². The number of nitrogens with one attached hydrogen (secondary N) is 1. The second-order valence-electron chi connectivity index (χ2n) is 5.55. The van der Waals surface area contributed by atoms with E-state index in [9.17, 15) is 4.79 Å². The van der Waals surface area contributed by atoms with Gasteiger partial charge in [-0.2, -0.15) is 0 Å². The van der Waals surface area contributed by atoms with Crippen LogP contribution in [0.25, 0.3) is 0 Å². The molecule has 0 aromatic heterocycles. The maximum atomic E-state index is 11.9. The highest BCUT2D eigenvalue weighted by atomic mass is 35.5. The average Bonchev–Trinajstić information content (AvgIpc) is 2.58. The van der Waals surface area contributed by atoms with Gasteiger partial charge in [0.15, 0.2) is 0 Å². The summed E-state index contributed by atoms with van der Waals surface area (Å²) in [5.74, 6) is 0.735. The highest BCUT2D eigenvalue weighted by molar-refractivity contribution is 6.31. The van der Waals surface area contributed by atoms with Crippen molar-refractivity contribution in [1.29, 1.82) is 0 Å². The topological polar surface area (TPSA) is 64.3 Å². The van der Waals surface area contributed by atoms with Gasteiger partial charge in [-0.3, -0.25) is 4.79 Å². The Labute approximate surface area is 160 Å². The molecule has 6 heteroatoms. The molecule has 2 aromatic rings. The molecule has 0 aliphatic rings. The molecule has 4 nitrogen and oxygen atoms in total. The Hall–Kier alpha value is -1.75. The summed E-state index contributed by atoms with van der Waals surface area (Å²) in [4.78, 5) is 11.9. The Morgan fingerprint density at radius 1 is 1.12 bits per heavy atom.